The molecule has 5 heteroatoms. The van der Waals surface area contributed by atoms with Crippen LogP contribution in [0.15, 0.2) is 28.7 Å². The third-order valence-electron chi connectivity index (χ3n) is 7.11. The predicted molar refractivity (Wildman–Crippen MR) is 121 cm³/mol. The van der Waals surface area contributed by atoms with Crippen LogP contribution in [0, 0.1) is 0 Å². The molecule has 0 saturated carbocycles. The predicted octanol–water partition coefficient (Wildman–Crippen LogP) is 5.38. The zero-order chi connectivity index (χ0) is 19.8. The van der Waals surface area contributed by atoms with E-state index in [1.54, 1.807) is 0 Å². The number of hydrogen-bond acceptors (Lipinski definition) is 3. The van der Waals surface area contributed by atoms with E-state index in [-0.39, 0.29) is 5.04 Å². The van der Waals surface area contributed by atoms with E-state index in [1.807, 2.05) is 0 Å². The number of benzene rings is 1. The summed E-state index contributed by atoms with van der Waals surface area (Å²) >= 11 is 3.59. The fourth-order valence-electron chi connectivity index (χ4n) is 4.41. The molecule has 0 aromatic heterocycles. The molecule has 2 fully saturated rings. The molecule has 0 amide bonds. The summed E-state index contributed by atoms with van der Waals surface area (Å²) < 4.78 is 7.86. The van der Waals surface area contributed by atoms with Crippen molar-refractivity contribution in [3.05, 3.63) is 34.3 Å². The highest BCUT2D eigenvalue weighted by molar-refractivity contribution is 9.10. The monoisotopic (exact) mass is 452 g/mol. The first-order chi connectivity index (χ1) is 12.6. The Morgan fingerprint density at radius 1 is 1.22 bits per heavy atom. The number of halogens is 1. The highest BCUT2D eigenvalue weighted by Crippen LogP contribution is 2.45. The molecule has 1 unspecified atom stereocenters. The van der Waals surface area contributed by atoms with Gasteiger partial charge >= 0.3 is 0 Å². The van der Waals surface area contributed by atoms with Crippen LogP contribution in [-0.2, 0) is 4.43 Å². The minimum Gasteiger partial charge on any atom is -0.415 e. The summed E-state index contributed by atoms with van der Waals surface area (Å²) in [5.74, 6) is 0.552. The molecule has 0 aliphatic carbocycles. The molecule has 0 bridgehead atoms. The van der Waals surface area contributed by atoms with Crippen LogP contribution in [0.25, 0.3) is 0 Å². The van der Waals surface area contributed by atoms with Gasteiger partial charge < -0.3 is 9.74 Å². The number of fused-ring (bicyclic) bond motifs is 1. The van der Waals surface area contributed by atoms with Gasteiger partial charge in [-0.1, -0.05) is 48.8 Å². The van der Waals surface area contributed by atoms with Crippen molar-refractivity contribution in [2.75, 3.05) is 19.7 Å². The SMILES string of the molecule is CC1CCCNC[C@H]2[C@@H](c3ccc(Br)cc3)[C@@H](CO[Si](C)(C)C(C)(C)C)N12. The number of nitrogens with one attached hydrogen (secondary N) is 1. The van der Waals surface area contributed by atoms with E-state index in [4.69, 9.17) is 4.43 Å². The van der Waals surface area contributed by atoms with Gasteiger partial charge in [-0.25, -0.2) is 0 Å². The lowest BCUT2D eigenvalue weighted by Gasteiger charge is -2.59. The molecular formula is C22H37BrN2OSi. The lowest BCUT2D eigenvalue weighted by atomic mass is 9.73. The van der Waals surface area contributed by atoms with Crippen LogP contribution in [0.3, 0.4) is 0 Å². The molecule has 1 N–H and O–H groups in total. The van der Waals surface area contributed by atoms with Crippen molar-refractivity contribution in [3.8, 4) is 0 Å². The zero-order valence-electron chi connectivity index (χ0n) is 17.9. The fourth-order valence-corrected chi connectivity index (χ4v) is 5.69. The summed E-state index contributed by atoms with van der Waals surface area (Å²) in [7, 11) is -1.74. The molecule has 2 aliphatic heterocycles. The Labute approximate surface area is 175 Å². The van der Waals surface area contributed by atoms with Gasteiger partial charge in [-0.2, -0.15) is 0 Å². The van der Waals surface area contributed by atoms with Crippen LogP contribution in [0.5, 0.6) is 0 Å². The summed E-state index contributed by atoms with van der Waals surface area (Å²) in [5, 5.41) is 3.94. The summed E-state index contributed by atoms with van der Waals surface area (Å²) in [6.45, 7) is 17.2. The van der Waals surface area contributed by atoms with Crippen LogP contribution in [0.4, 0.5) is 0 Å². The van der Waals surface area contributed by atoms with Crippen molar-refractivity contribution in [2.45, 2.75) is 82.7 Å². The molecule has 2 aliphatic rings. The number of rotatable bonds is 4. The first kappa shape index (κ1) is 21.5. The quantitative estimate of drug-likeness (QED) is 0.620. The smallest absolute Gasteiger partial charge is 0.192 e. The van der Waals surface area contributed by atoms with E-state index < -0.39 is 8.32 Å². The van der Waals surface area contributed by atoms with E-state index in [0.717, 1.165) is 24.2 Å². The van der Waals surface area contributed by atoms with Gasteiger partial charge in [0.05, 0.1) is 6.61 Å². The Bertz CT molecular complexity index is 628. The molecule has 27 heavy (non-hydrogen) atoms. The molecule has 2 saturated heterocycles. The van der Waals surface area contributed by atoms with E-state index in [9.17, 15) is 0 Å². The average Bonchev–Trinajstić information content (AvgIpc) is 2.55. The second-order valence-electron chi connectivity index (χ2n) is 9.93. The molecule has 3 nitrogen and oxygen atoms in total. The minimum absolute atomic E-state index is 0.257. The first-order valence-corrected chi connectivity index (χ1v) is 14.2. The van der Waals surface area contributed by atoms with Crippen LogP contribution >= 0.6 is 15.9 Å². The van der Waals surface area contributed by atoms with E-state index >= 15 is 0 Å². The highest BCUT2D eigenvalue weighted by atomic mass is 79.9. The normalized spacial score (nSPS) is 30.2. The Kier molecular flexibility index (Phi) is 6.59. The standard InChI is InChI=1S/C22H37BrN2OSi/c1-16-8-7-13-24-14-19-21(17-9-11-18(23)12-10-17)20(25(16)19)15-26-27(5,6)22(2,3)4/h9-12,16,19-21,24H,7-8,13-15H2,1-6H3/t16?,19-,20+,21+/m0/s1. The molecule has 2 heterocycles. The van der Waals surface area contributed by atoms with Crippen LogP contribution < -0.4 is 5.32 Å². The van der Waals surface area contributed by atoms with E-state index in [0.29, 0.717) is 24.0 Å². The van der Waals surface area contributed by atoms with E-state index in [1.165, 1.54) is 18.4 Å². The van der Waals surface area contributed by atoms with Crippen molar-refractivity contribution in [3.63, 3.8) is 0 Å². The van der Waals surface area contributed by atoms with Gasteiger partial charge in [0.1, 0.15) is 0 Å². The summed E-state index contributed by atoms with van der Waals surface area (Å²) in [6, 6.07) is 10.7. The largest absolute Gasteiger partial charge is 0.415 e. The van der Waals surface area contributed by atoms with E-state index in [2.05, 4.69) is 91.2 Å². The third-order valence-corrected chi connectivity index (χ3v) is 12.1. The fraction of sp³-hybridized carbons (Fsp3) is 0.727. The number of hydrogen-bond donors (Lipinski definition) is 1. The molecular weight excluding hydrogens is 416 g/mol. The van der Waals surface area contributed by atoms with Crippen LogP contribution in [-0.4, -0.2) is 51.0 Å². The highest BCUT2D eigenvalue weighted by Gasteiger charge is 2.51. The van der Waals surface area contributed by atoms with Crippen molar-refractivity contribution >= 4 is 24.2 Å². The van der Waals surface area contributed by atoms with Gasteiger partial charge in [-0.3, -0.25) is 4.90 Å². The van der Waals surface area contributed by atoms with Crippen molar-refractivity contribution in [1.29, 1.82) is 0 Å². The molecule has 0 radical (unpaired) electrons. The lowest BCUT2D eigenvalue weighted by molar-refractivity contribution is -0.0721. The minimum atomic E-state index is -1.74. The Morgan fingerprint density at radius 3 is 2.52 bits per heavy atom. The Balaban J connectivity index is 1.83. The van der Waals surface area contributed by atoms with Gasteiger partial charge in [0.15, 0.2) is 8.32 Å². The summed E-state index contributed by atoms with van der Waals surface area (Å²) in [4.78, 5) is 2.76. The topological polar surface area (TPSA) is 24.5 Å². The molecule has 152 valence electrons. The molecule has 4 atom stereocenters. The lowest BCUT2D eigenvalue weighted by Crippen LogP contribution is -2.70. The van der Waals surface area contributed by atoms with Crippen molar-refractivity contribution in [1.82, 2.24) is 10.2 Å². The molecule has 1 aromatic rings. The van der Waals surface area contributed by atoms with Gasteiger partial charge in [0.25, 0.3) is 0 Å². The Hall–Kier alpha value is -0.203. The van der Waals surface area contributed by atoms with Gasteiger partial charge in [0, 0.05) is 35.1 Å². The molecule has 1 aromatic carbocycles. The zero-order valence-corrected chi connectivity index (χ0v) is 20.5. The van der Waals surface area contributed by atoms with Crippen LogP contribution in [0.1, 0.15) is 52.0 Å². The van der Waals surface area contributed by atoms with Crippen molar-refractivity contribution in [2.24, 2.45) is 0 Å². The summed E-state index contributed by atoms with van der Waals surface area (Å²) in [6.07, 6.45) is 2.54. The molecule has 3 rings (SSSR count). The first-order valence-electron chi connectivity index (χ1n) is 10.5. The molecule has 0 spiro atoms. The Morgan fingerprint density at radius 2 is 1.89 bits per heavy atom. The second-order valence-corrected chi connectivity index (χ2v) is 15.7. The van der Waals surface area contributed by atoms with Gasteiger partial charge in [0.2, 0.25) is 0 Å². The maximum Gasteiger partial charge on any atom is 0.192 e. The average molecular weight is 454 g/mol. The number of nitrogens with zero attached hydrogens (tertiary/aromatic N) is 1. The maximum absolute atomic E-state index is 6.71. The third kappa shape index (κ3) is 4.53. The van der Waals surface area contributed by atoms with Crippen molar-refractivity contribution < 1.29 is 4.43 Å². The van der Waals surface area contributed by atoms with Gasteiger partial charge in [-0.15, -0.1) is 0 Å². The van der Waals surface area contributed by atoms with Gasteiger partial charge in [-0.05, 0) is 62.1 Å². The second kappa shape index (κ2) is 8.27. The van der Waals surface area contributed by atoms with Crippen LogP contribution in [0.2, 0.25) is 18.1 Å². The maximum atomic E-state index is 6.71. The summed E-state index contributed by atoms with van der Waals surface area (Å²) in [5.41, 5.74) is 1.46.